The first-order chi connectivity index (χ1) is 10.8. The molecule has 0 saturated carbocycles. The summed E-state index contributed by atoms with van der Waals surface area (Å²) in [5, 5.41) is 0. The van der Waals surface area contributed by atoms with E-state index in [9.17, 15) is 8.42 Å². The van der Waals surface area contributed by atoms with Crippen molar-refractivity contribution in [2.75, 3.05) is 0 Å². The van der Waals surface area contributed by atoms with Gasteiger partial charge in [0.2, 0.25) is 9.84 Å². The van der Waals surface area contributed by atoms with E-state index >= 15 is 0 Å². The van der Waals surface area contributed by atoms with E-state index < -0.39 is 9.84 Å². The molecule has 128 valence electrons. The van der Waals surface area contributed by atoms with Crippen LogP contribution in [0.25, 0.3) is 0 Å². The Kier molecular flexibility index (Phi) is 8.25. The van der Waals surface area contributed by atoms with Gasteiger partial charge in [-0.05, 0) is 24.6 Å². The van der Waals surface area contributed by atoms with Gasteiger partial charge in [-0.2, -0.15) is 0 Å². The highest BCUT2D eigenvalue weighted by Gasteiger charge is 2.37. The largest absolute Gasteiger partial charge is 0.218 e. The third kappa shape index (κ3) is 4.44. The molecule has 3 heteroatoms. The second-order valence-electron chi connectivity index (χ2n) is 5.25. The van der Waals surface area contributed by atoms with Gasteiger partial charge in [0.25, 0.3) is 0 Å². The summed E-state index contributed by atoms with van der Waals surface area (Å²) in [4.78, 5) is 0.673. The van der Waals surface area contributed by atoms with Gasteiger partial charge in [0.1, 0.15) is 0 Å². The third-order valence-corrected chi connectivity index (χ3v) is 5.11. The van der Waals surface area contributed by atoms with Gasteiger partial charge < -0.3 is 0 Å². The second kappa shape index (κ2) is 8.88. The predicted molar refractivity (Wildman–Crippen MR) is 103 cm³/mol. The fourth-order valence-electron chi connectivity index (χ4n) is 2.36. The van der Waals surface area contributed by atoms with E-state index in [0.29, 0.717) is 9.81 Å². The smallest absolute Gasteiger partial charge is 0.207 e. The zero-order valence-electron chi connectivity index (χ0n) is 15.5. The summed E-state index contributed by atoms with van der Waals surface area (Å²) in [6, 6.07) is 0. The molecule has 1 aliphatic heterocycles. The quantitative estimate of drug-likeness (QED) is 0.631. The number of fused-ring (bicyclic) bond motifs is 1. The number of allylic oxidation sites excluding steroid dienone is 9. The van der Waals surface area contributed by atoms with Gasteiger partial charge in [-0.25, -0.2) is 8.42 Å². The van der Waals surface area contributed by atoms with Crippen LogP contribution in [0.15, 0.2) is 70.1 Å². The van der Waals surface area contributed by atoms with Crippen LogP contribution in [0.3, 0.4) is 0 Å². The number of hydrogen-bond acceptors (Lipinski definition) is 2. The summed E-state index contributed by atoms with van der Waals surface area (Å²) in [6.45, 7) is 17.6. The van der Waals surface area contributed by atoms with Gasteiger partial charge in [0.05, 0.1) is 9.81 Å². The van der Waals surface area contributed by atoms with Crippen molar-refractivity contribution >= 4 is 9.84 Å². The molecule has 2 nitrogen and oxygen atoms in total. The normalized spacial score (nSPS) is 20.3. The molecule has 0 spiro atoms. The van der Waals surface area contributed by atoms with Crippen LogP contribution in [0, 0.1) is 5.41 Å². The van der Waals surface area contributed by atoms with Crippen molar-refractivity contribution in [3.63, 3.8) is 0 Å². The van der Waals surface area contributed by atoms with Gasteiger partial charge in [-0.3, -0.25) is 0 Å². The van der Waals surface area contributed by atoms with Crippen molar-refractivity contribution in [3.8, 4) is 0 Å². The predicted octanol–water partition coefficient (Wildman–Crippen LogP) is 5.89. The van der Waals surface area contributed by atoms with E-state index in [-0.39, 0.29) is 5.41 Å². The molecule has 0 aromatic rings. The Morgan fingerprint density at radius 2 is 1.70 bits per heavy atom. The Hall–Kier alpha value is -1.61. The molecule has 0 saturated heterocycles. The van der Waals surface area contributed by atoms with E-state index in [4.69, 9.17) is 0 Å². The molecule has 0 fully saturated rings. The molecule has 0 radical (unpaired) electrons. The molecule has 23 heavy (non-hydrogen) atoms. The molecule has 1 heterocycles. The first kappa shape index (κ1) is 21.4. The van der Waals surface area contributed by atoms with Crippen molar-refractivity contribution in [2.45, 2.75) is 48.5 Å². The number of rotatable bonds is 2. The molecule has 0 aromatic carbocycles. The van der Waals surface area contributed by atoms with Crippen LogP contribution in [0.5, 0.6) is 0 Å². The first-order valence-electron chi connectivity index (χ1n) is 8.21. The highest BCUT2D eigenvalue weighted by atomic mass is 32.2. The summed E-state index contributed by atoms with van der Waals surface area (Å²) in [6.07, 6.45) is 12.6. The first-order valence-corrected chi connectivity index (χ1v) is 9.69. The topological polar surface area (TPSA) is 34.1 Å². The number of sulfone groups is 1. The fraction of sp³-hybridized carbons (Fsp3) is 0.400. The van der Waals surface area contributed by atoms with Crippen LogP contribution >= 0.6 is 0 Å². The van der Waals surface area contributed by atoms with Crippen LogP contribution in [-0.2, 0) is 9.84 Å². The zero-order chi connectivity index (χ0) is 18.3. The minimum absolute atomic E-state index is 0.174. The summed E-state index contributed by atoms with van der Waals surface area (Å²) in [7, 11) is -3.43. The Balaban J connectivity index is 0.00000112. The Morgan fingerprint density at radius 1 is 1.13 bits per heavy atom. The second-order valence-corrected chi connectivity index (χ2v) is 7.14. The maximum atomic E-state index is 12.5. The minimum atomic E-state index is -3.43. The van der Waals surface area contributed by atoms with E-state index in [0.717, 1.165) is 11.1 Å². The zero-order valence-corrected chi connectivity index (χ0v) is 16.3. The summed E-state index contributed by atoms with van der Waals surface area (Å²) < 4.78 is 25.0. The third-order valence-electron chi connectivity index (χ3n) is 3.21. The average Bonchev–Trinajstić information content (AvgIpc) is 2.64. The van der Waals surface area contributed by atoms with E-state index in [2.05, 4.69) is 20.4 Å². The monoisotopic (exact) mass is 334 g/mol. The highest BCUT2D eigenvalue weighted by molar-refractivity contribution is 7.99. The molecule has 0 atom stereocenters. The van der Waals surface area contributed by atoms with Crippen LogP contribution in [0.1, 0.15) is 48.5 Å². The molecule has 0 aromatic heterocycles. The summed E-state index contributed by atoms with van der Waals surface area (Å²) >= 11 is 0. The van der Waals surface area contributed by atoms with Gasteiger partial charge in [0.15, 0.2) is 0 Å². The van der Waals surface area contributed by atoms with Crippen molar-refractivity contribution in [2.24, 2.45) is 5.41 Å². The molecule has 2 aliphatic rings. The lowest BCUT2D eigenvalue weighted by atomic mass is 9.89. The van der Waals surface area contributed by atoms with Gasteiger partial charge in [-0.15, -0.1) is 0 Å². The van der Waals surface area contributed by atoms with Gasteiger partial charge >= 0.3 is 0 Å². The SMILES string of the molecule is C=CC1=C(/C=C\C)C2=CC(C)(C)C=CC=C2S1(=O)=O.CC.CC. The maximum Gasteiger partial charge on any atom is 0.207 e. The number of hydrogen-bond donors (Lipinski definition) is 0. The van der Waals surface area contributed by atoms with Crippen molar-refractivity contribution in [3.05, 3.63) is 70.1 Å². The molecule has 2 rings (SSSR count). The maximum absolute atomic E-state index is 12.5. The highest BCUT2D eigenvalue weighted by Crippen LogP contribution is 2.44. The van der Waals surface area contributed by atoms with Gasteiger partial charge in [0, 0.05) is 11.0 Å². The summed E-state index contributed by atoms with van der Waals surface area (Å²) in [5.41, 5.74) is 1.34. The Morgan fingerprint density at radius 3 is 2.17 bits per heavy atom. The lowest BCUT2D eigenvalue weighted by molar-refractivity contribution is 0.610. The Bertz CT molecular complexity index is 679. The van der Waals surface area contributed by atoms with Gasteiger partial charge in [-0.1, -0.05) is 78.5 Å². The minimum Gasteiger partial charge on any atom is -0.218 e. The van der Waals surface area contributed by atoms with Crippen molar-refractivity contribution < 1.29 is 8.42 Å². The van der Waals surface area contributed by atoms with Crippen LogP contribution in [-0.4, -0.2) is 8.42 Å². The molecular formula is C20H30O2S. The average molecular weight is 335 g/mol. The lowest BCUT2D eigenvalue weighted by Gasteiger charge is -2.15. The van der Waals surface area contributed by atoms with E-state index in [1.165, 1.54) is 6.08 Å². The molecule has 0 amide bonds. The van der Waals surface area contributed by atoms with E-state index in [1.807, 2.05) is 65.0 Å². The van der Waals surface area contributed by atoms with Crippen LogP contribution in [0.2, 0.25) is 0 Å². The molecular weight excluding hydrogens is 304 g/mol. The van der Waals surface area contributed by atoms with E-state index in [1.54, 1.807) is 6.08 Å². The van der Waals surface area contributed by atoms with Crippen LogP contribution in [0.4, 0.5) is 0 Å². The lowest BCUT2D eigenvalue weighted by Crippen LogP contribution is -2.04. The standard InChI is InChI=1S/C16H18O2S.2C2H6/c1-5-8-12-13-11-16(3,4)10-7-9-15(13)19(17,18)14(12)6-2;2*1-2/h5-11H,2H2,1,3-4H3;2*1-2H3/b8-5-;;. The molecule has 0 N–H and O–H groups in total. The molecule has 0 bridgehead atoms. The molecule has 0 unspecified atom stereocenters. The van der Waals surface area contributed by atoms with Crippen molar-refractivity contribution in [1.82, 2.24) is 0 Å². The van der Waals surface area contributed by atoms with Crippen molar-refractivity contribution in [1.29, 1.82) is 0 Å². The summed E-state index contributed by atoms with van der Waals surface area (Å²) in [5.74, 6) is 0. The van der Waals surface area contributed by atoms with Crippen LogP contribution < -0.4 is 0 Å². The fourth-order valence-corrected chi connectivity index (χ4v) is 4.00. The molecule has 1 aliphatic carbocycles. The Labute approximate surface area is 142 Å².